The van der Waals surface area contributed by atoms with Crippen molar-refractivity contribution in [2.75, 3.05) is 6.61 Å². The van der Waals surface area contributed by atoms with Gasteiger partial charge in [0.05, 0.1) is 12.0 Å². The van der Waals surface area contributed by atoms with Crippen molar-refractivity contribution in [3.05, 3.63) is 34.9 Å². The van der Waals surface area contributed by atoms with Gasteiger partial charge in [-0.1, -0.05) is 23.8 Å². The number of benzene rings is 1. The number of hydrogen-bond donors (Lipinski definition) is 0. The molecule has 1 aromatic rings. The summed E-state index contributed by atoms with van der Waals surface area (Å²) in [5.41, 5.74) is 3.46. The molecule has 1 aromatic carbocycles. The molecular weight excluding hydrogens is 236 g/mol. The molecule has 2 nitrogen and oxygen atoms in total. The van der Waals surface area contributed by atoms with Gasteiger partial charge >= 0.3 is 5.97 Å². The van der Waals surface area contributed by atoms with E-state index in [1.54, 1.807) is 6.92 Å². The molecule has 0 aliphatic heterocycles. The predicted molar refractivity (Wildman–Crippen MR) is 70.4 cm³/mol. The molecule has 1 rings (SSSR count). The van der Waals surface area contributed by atoms with Gasteiger partial charge in [0.2, 0.25) is 0 Å². The van der Waals surface area contributed by atoms with Crippen LogP contribution in [0.1, 0.15) is 41.8 Å². The first-order valence-electron chi connectivity index (χ1n) is 5.91. The third-order valence-electron chi connectivity index (χ3n) is 2.68. The molecule has 0 saturated carbocycles. The molecule has 94 valence electrons. The largest absolute Gasteiger partial charge is 0.466 e. The summed E-state index contributed by atoms with van der Waals surface area (Å²) in [4.78, 5) is 11.2. The molecule has 0 fully saturated rings. The van der Waals surface area contributed by atoms with Crippen LogP contribution in [0.2, 0.25) is 0 Å². The van der Waals surface area contributed by atoms with Crippen LogP contribution in [0.25, 0.3) is 0 Å². The SMILES string of the molecule is CCOC(=O)CCC(Cl)c1cc(C)ccc1C. The van der Waals surface area contributed by atoms with Gasteiger partial charge in [-0.25, -0.2) is 0 Å². The van der Waals surface area contributed by atoms with E-state index >= 15 is 0 Å². The number of carbonyl (C=O) groups excluding carboxylic acids is 1. The Morgan fingerprint density at radius 2 is 2.12 bits per heavy atom. The van der Waals surface area contributed by atoms with E-state index in [-0.39, 0.29) is 11.3 Å². The second-order valence-corrected chi connectivity index (χ2v) is 4.70. The summed E-state index contributed by atoms with van der Waals surface area (Å²) >= 11 is 6.32. The fourth-order valence-electron chi connectivity index (χ4n) is 1.73. The van der Waals surface area contributed by atoms with Crippen LogP contribution in [-0.2, 0) is 9.53 Å². The molecule has 0 aliphatic rings. The zero-order chi connectivity index (χ0) is 12.8. The van der Waals surface area contributed by atoms with Crippen molar-refractivity contribution in [2.45, 2.75) is 39.0 Å². The number of halogens is 1. The van der Waals surface area contributed by atoms with E-state index in [1.807, 2.05) is 13.8 Å². The Morgan fingerprint density at radius 1 is 1.41 bits per heavy atom. The summed E-state index contributed by atoms with van der Waals surface area (Å²) in [5, 5.41) is -0.126. The first kappa shape index (κ1) is 14.0. The van der Waals surface area contributed by atoms with Crippen LogP contribution in [0.3, 0.4) is 0 Å². The number of carbonyl (C=O) groups is 1. The lowest BCUT2D eigenvalue weighted by atomic mass is 10.00. The fourth-order valence-corrected chi connectivity index (χ4v) is 2.07. The Labute approximate surface area is 108 Å². The van der Waals surface area contributed by atoms with Gasteiger partial charge in [0.15, 0.2) is 0 Å². The lowest BCUT2D eigenvalue weighted by Crippen LogP contribution is -2.05. The maximum Gasteiger partial charge on any atom is 0.305 e. The molecule has 0 spiro atoms. The van der Waals surface area contributed by atoms with Crippen LogP contribution in [-0.4, -0.2) is 12.6 Å². The second kappa shape index (κ2) is 6.65. The lowest BCUT2D eigenvalue weighted by Gasteiger charge is -2.13. The van der Waals surface area contributed by atoms with Crippen molar-refractivity contribution in [3.8, 4) is 0 Å². The number of rotatable bonds is 5. The van der Waals surface area contributed by atoms with Crippen molar-refractivity contribution in [1.29, 1.82) is 0 Å². The molecular formula is C14H19ClO2. The van der Waals surface area contributed by atoms with Crippen molar-refractivity contribution >= 4 is 17.6 Å². The molecule has 0 aromatic heterocycles. The van der Waals surface area contributed by atoms with Gasteiger partial charge in [-0.3, -0.25) is 4.79 Å². The van der Waals surface area contributed by atoms with Gasteiger partial charge in [0.1, 0.15) is 0 Å². The molecule has 1 unspecified atom stereocenters. The molecule has 0 amide bonds. The first-order chi connectivity index (χ1) is 8.04. The van der Waals surface area contributed by atoms with E-state index in [1.165, 1.54) is 11.1 Å². The normalized spacial score (nSPS) is 12.2. The van der Waals surface area contributed by atoms with Gasteiger partial charge in [0, 0.05) is 6.42 Å². The molecule has 0 bridgehead atoms. The van der Waals surface area contributed by atoms with Gasteiger partial charge in [-0.05, 0) is 38.3 Å². The van der Waals surface area contributed by atoms with Crippen molar-refractivity contribution in [2.24, 2.45) is 0 Å². The minimum atomic E-state index is -0.177. The Bertz CT molecular complexity index is 388. The van der Waals surface area contributed by atoms with Crippen molar-refractivity contribution in [1.82, 2.24) is 0 Å². The van der Waals surface area contributed by atoms with E-state index in [2.05, 4.69) is 18.2 Å². The van der Waals surface area contributed by atoms with E-state index in [4.69, 9.17) is 16.3 Å². The van der Waals surface area contributed by atoms with Crippen LogP contribution in [0, 0.1) is 13.8 Å². The average Bonchev–Trinajstić information content (AvgIpc) is 2.29. The summed E-state index contributed by atoms with van der Waals surface area (Å²) < 4.78 is 4.88. The second-order valence-electron chi connectivity index (χ2n) is 4.17. The zero-order valence-corrected chi connectivity index (χ0v) is 11.4. The monoisotopic (exact) mass is 254 g/mol. The molecule has 17 heavy (non-hydrogen) atoms. The predicted octanol–water partition coefficient (Wildman–Crippen LogP) is 3.93. The zero-order valence-electron chi connectivity index (χ0n) is 10.6. The summed E-state index contributed by atoms with van der Waals surface area (Å²) in [6.45, 7) is 6.31. The van der Waals surface area contributed by atoms with Gasteiger partial charge in [0.25, 0.3) is 0 Å². The van der Waals surface area contributed by atoms with Gasteiger partial charge in [-0.15, -0.1) is 11.6 Å². The van der Waals surface area contributed by atoms with E-state index in [0.29, 0.717) is 19.4 Å². The quantitative estimate of drug-likeness (QED) is 0.588. The maximum atomic E-state index is 11.2. The third-order valence-corrected chi connectivity index (χ3v) is 3.13. The summed E-state index contributed by atoms with van der Waals surface area (Å²) in [5.74, 6) is -0.177. The number of alkyl halides is 1. The minimum absolute atomic E-state index is 0.126. The molecule has 0 saturated heterocycles. The highest BCUT2D eigenvalue weighted by Gasteiger charge is 2.13. The molecule has 0 aliphatic carbocycles. The summed E-state index contributed by atoms with van der Waals surface area (Å²) in [6, 6.07) is 6.20. The lowest BCUT2D eigenvalue weighted by molar-refractivity contribution is -0.143. The Morgan fingerprint density at radius 3 is 2.76 bits per heavy atom. The molecule has 3 heteroatoms. The Hall–Kier alpha value is -1.02. The van der Waals surface area contributed by atoms with E-state index < -0.39 is 0 Å². The van der Waals surface area contributed by atoms with Gasteiger partial charge in [-0.2, -0.15) is 0 Å². The van der Waals surface area contributed by atoms with E-state index in [0.717, 1.165) is 5.56 Å². The third kappa shape index (κ3) is 4.39. The number of aryl methyl sites for hydroxylation is 2. The van der Waals surface area contributed by atoms with Crippen LogP contribution in [0.5, 0.6) is 0 Å². The van der Waals surface area contributed by atoms with Crippen molar-refractivity contribution < 1.29 is 9.53 Å². The van der Waals surface area contributed by atoms with Crippen LogP contribution < -0.4 is 0 Å². The topological polar surface area (TPSA) is 26.3 Å². The number of ether oxygens (including phenoxy) is 1. The molecule has 0 radical (unpaired) electrons. The highest BCUT2D eigenvalue weighted by Crippen LogP contribution is 2.29. The highest BCUT2D eigenvalue weighted by molar-refractivity contribution is 6.21. The smallest absolute Gasteiger partial charge is 0.305 e. The van der Waals surface area contributed by atoms with Crippen molar-refractivity contribution in [3.63, 3.8) is 0 Å². The van der Waals surface area contributed by atoms with Gasteiger partial charge < -0.3 is 4.74 Å². The van der Waals surface area contributed by atoms with E-state index in [9.17, 15) is 4.79 Å². The first-order valence-corrected chi connectivity index (χ1v) is 6.35. The Kier molecular flexibility index (Phi) is 5.49. The highest BCUT2D eigenvalue weighted by atomic mass is 35.5. The van der Waals surface area contributed by atoms with Crippen LogP contribution in [0.15, 0.2) is 18.2 Å². The summed E-state index contributed by atoms with van der Waals surface area (Å²) in [6.07, 6.45) is 0.986. The standard InChI is InChI=1S/C14H19ClO2/c1-4-17-14(16)8-7-13(15)12-9-10(2)5-6-11(12)3/h5-6,9,13H,4,7-8H2,1-3H3. The number of hydrogen-bond acceptors (Lipinski definition) is 2. The van der Waals surface area contributed by atoms with Crippen LogP contribution in [0.4, 0.5) is 0 Å². The Balaban J connectivity index is 2.60. The molecule has 1 atom stereocenters. The fraction of sp³-hybridized carbons (Fsp3) is 0.500. The molecule has 0 N–H and O–H groups in total. The minimum Gasteiger partial charge on any atom is -0.466 e. The summed E-state index contributed by atoms with van der Waals surface area (Å²) in [7, 11) is 0. The van der Waals surface area contributed by atoms with Crippen LogP contribution >= 0.6 is 11.6 Å². The number of esters is 1. The maximum absolute atomic E-state index is 11.2. The average molecular weight is 255 g/mol. The molecule has 0 heterocycles.